The standard InChI is InChI=1S/C25H38ClN3O5/c26-17-11-13-18(14-12-17)27(25(32)21-9-3-4-10-22(21)29(33)34)15-5-6-16-28-23(30)19-7-1-2-8-20(19)24(28)31/h17-22H,1-16H2. The van der Waals surface area contributed by atoms with Gasteiger partial charge in [-0.25, -0.2) is 0 Å². The normalized spacial score (nSPS) is 34.1. The molecule has 0 spiro atoms. The zero-order chi connectivity index (χ0) is 24.2. The van der Waals surface area contributed by atoms with Crippen LogP contribution < -0.4 is 0 Å². The fourth-order valence-electron chi connectivity index (χ4n) is 6.69. The summed E-state index contributed by atoms with van der Waals surface area (Å²) in [6.45, 7) is 0.919. The molecular weight excluding hydrogens is 458 g/mol. The molecule has 1 aliphatic heterocycles. The molecule has 3 aliphatic carbocycles. The van der Waals surface area contributed by atoms with Crippen LogP contribution in [0.3, 0.4) is 0 Å². The van der Waals surface area contributed by atoms with Gasteiger partial charge in [0.15, 0.2) is 0 Å². The highest BCUT2D eigenvalue weighted by molar-refractivity contribution is 6.20. The van der Waals surface area contributed by atoms with E-state index in [2.05, 4.69) is 0 Å². The van der Waals surface area contributed by atoms with Crippen molar-refractivity contribution in [1.82, 2.24) is 9.80 Å². The average molecular weight is 496 g/mol. The third-order valence-corrected chi connectivity index (χ3v) is 9.07. The first-order valence-corrected chi connectivity index (χ1v) is 13.8. The molecule has 0 bridgehead atoms. The van der Waals surface area contributed by atoms with Gasteiger partial charge in [-0.3, -0.25) is 29.4 Å². The van der Waals surface area contributed by atoms with Crippen LogP contribution in [0.15, 0.2) is 0 Å². The first-order valence-electron chi connectivity index (χ1n) is 13.3. The largest absolute Gasteiger partial charge is 0.339 e. The van der Waals surface area contributed by atoms with Crippen LogP contribution >= 0.6 is 11.6 Å². The molecule has 4 fully saturated rings. The number of rotatable bonds is 8. The molecule has 4 atom stereocenters. The van der Waals surface area contributed by atoms with E-state index in [1.165, 1.54) is 4.90 Å². The molecule has 9 heteroatoms. The van der Waals surface area contributed by atoms with E-state index in [-0.39, 0.29) is 45.9 Å². The summed E-state index contributed by atoms with van der Waals surface area (Å²) >= 11 is 6.30. The average Bonchev–Trinajstić information content (AvgIpc) is 3.09. The lowest BCUT2D eigenvalue weighted by Gasteiger charge is -2.39. The predicted molar refractivity (Wildman–Crippen MR) is 128 cm³/mol. The van der Waals surface area contributed by atoms with Crippen LogP contribution in [0.5, 0.6) is 0 Å². The van der Waals surface area contributed by atoms with Gasteiger partial charge < -0.3 is 4.90 Å². The molecule has 34 heavy (non-hydrogen) atoms. The summed E-state index contributed by atoms with van der Waals surface area (Å²) in [7, 11) is 0. The number of halogens is 1. The third-order valence-electron chi connectivity index (χ3n) is 8.63. The second-order valence-electron chi connectivity index (χ2n) is 10.7. The molecule has 190 valence electrons. The smallest absolute Gasteiger partial charge is 0.233 e. The van der Waals surface area contributed by atoms with E-state index in [1.54, 1.807) is 0 Å². The monoisotopic (exact) mass is 495 g/mol. The Morgan fingerprint density at radius 2 is 1.50 bits per heavy atom. The summed E-state index contributed by atoms with van der Waals surface area (Å²) in [5.74, 6) is -0.926. The molecule has 4 rings (SSSR count). The highest BCUT2D eigenvalue weighted by Crippen LogP contribution is 2.38. The van der Waals surface area contributed by atoms with Gasteiger partial charge in [0.1, 0.15) is 5.92 Å². The molecule has 0 radical (unpaired) electrons. The quantitative estimate of drug-likeness (QED) is 0.165. The fraction of sp³-hybridized carbons (Fsp3) is 0.880. The topological polar surface area (TPSA) is 101 Å². The van der Waals surface area contributed by atoms with Gasteiger partial charge >= 0.3 is 0 Å². The van der Waals surface area contributed by atoms with Crippen LogP contribution in [0.2, 0.25) is 0 Å². The highest BCUT2D eigenvalue weighted by Gasteiger charge is 2.48. The first-order chi connectivity index (χ1) is 16.4. The fourth-order valence-corrected chi connectivity index (χ4v) is 6.94. The van der Waals surface area contributed by atoms with E-state index in [4.69, 9.17) is 11.6 Å². The van der Waals surface area contributed by atoms with Gasteiger partial charge in [-0.15, -0.1) is 11.6 Å². The zero-order valence-corrected chi connectivity index (χ0v) is 20.8. The SMILES string of the molecule is O=C1C2CCCCC2C(=O)N1CCCCN(C(=O)C1CCCCC1[N+](=O)[O-])C1CCC(Cl)CC1. The van der Waals surface area contributed by atoms with Crippen molar-refractivity contribution < 1.29 is 19.3 Å². The second kappa shape index (κ2) is 11.4. The highest BCUT2D eigenvalue weighted by atomic mass is 35.5. The van der Waals surface area contributed by atoms with Crippen molar-refractivity contribution in [2.45, 2.75) is 107 Å². The minimum absolute atomic E-state index is 0.0147. The Bertz CT molecular complexity index is 761. The van der Waals surface area contributed by atoms with Crippen molar-refractivity contribution in [1.29, 1.82) is 0 Å². The van der Waals surface area contributed by atoms with Crippen LogP contribution in [-0.4, -0.2) is 63.0 Å². The summed E-state index contributed by atoms with van der Waals surface area (Å²) in [6.07, 6.45) is 11.0. The molecule has 0 aromatic carbocycles. The zero-order valence-electron chi connectivity index (χ0n) is 20.0. The number of nitrogens with zero attached hydrogens (tertiary/aromatic N) is 3. The van der Waals surface area contributed by atoms with Crippen molar-refractivity contribution in [3.63, 3.8) is 0 Å². The molecule has 3 saturated carbocycles. The number of unbranched alkanes of at least 4 members (excludes halogenated alkanes) is 1. The maximum Gasteiger partial charge on any atom is 0.233 e. The summed E-state index contributed by atoms with van der Waals surface area (Å²) in [4.78, 5) is 53.8. The predicted octanol–water partition coefficient (Wildman–Crippen LogP) is 4.16. The van der Waals surface area contributed by atoms with Gasteiger partial charge in [0.25, 0.3) is 0 Å². The number of fused-ring (bicyclic) bond motifs is 1. The van der Waals surface area contributed by atoms with E-state index >= 15 is 0 Å². The lowest BCUT2D eigenvalue weighted by Crippen LogP contribution is -2.50. The molecular formula is C25H38ClN3O5. The summed E-state index contributed by atoms with van der Waals surface area (Å²) in [6, 6.07) is -0.731. The Hall–Kier alpha value is -1.70. The van der Waals surface area contributed by atoms with Gasteiger partial charge in [0, 0.05) is 35.9 Å². The maximum atomic E-state index is 13.6. The molecule has 0 N–H and O–H groups in total. The first kappa shape index (κ1) is 25.4. The number of likely N-dealkylation sites (tertiary alicyclic amines) is 1. The van der Waals surface area contributed by atoms with Crippen molar-refractivity contribution in [3.8, 4) is 0 Å². The van der Waals surface area contributed by atoms with Crippen LogP contribution in [-0.2, 0) is 14.4 Å². The minimum atomic E-state index is -0.795. The van der Waals surface area contributed by atoms with Crippen LogP contribution in [0.25, 0.3) is 0 Å². The maximum absolute atomic E-state index is 13.6. The molecule has 4 unspecified atom stereocenters. The number of carbonyl (C=O) groups excluding carboxylic acids is 3. The number of amides is 3. The van der Waals surface area contributed by atoms with Gasteiger partial charge in [0.2, 0.25) is 23.8 Å². The Balaban J connectivity index is 1.37. The van der Waals surface area contributed by atoms with Crippen LogP contribution in [0.4, 0.5) is 0 Å². The van der Waals surface area contributed by atoms with E-state index in [0.29, 0.717) is 38.8 Å². The molecule has 1 saturated heterocycles. The van der Waals surface area contributed by atoms with Crippen LogP contribution in [0, 0.1) is 27.9 Å². The molecule has 3 amide bonds. The minimum Gasteiger partial charge on any atom is -0.339 e. The van der Waals surface area contributed by atoms with Crippen LogP contribution in [0.1, 0.15) is 89.9 Å². The Kier molecular flexibility index (Phi) is 8.48. The summed E-state index contributed by atoms with van der Waals surface area (Å²) in [5.41, 5.74) is 0. The van der Waals surface area contributed by atoms with Crippen molar-refractivity contribution in [2.24, 2.45) is 17.8 Å². The lowest BCUT2D eigenvalue weighted by atomic mass is 9.81. The number of alkyl halides is 1. The Labute approximate surface area is 206 Å². The Morgan fingerprint density at radius 3 is 2.12 bits per heavy atom. The number of nitro groups is 1. The van der Waals surface area contributed by atoms with Crippen molar-refractivity contribution in [3.05, 3.63) is 10.1 Å². The molecule has 8 nitrogen and oxygen atoms in total. The summed E-state index contributed by atoms with van der Waals surface area (Å²) in [5, 5.41) is 11.8. The third kappa shape index (κ3) is 5.42. The van der Waals surface area contributed by atoms with Gasteiger partial charge in [-0.1, -0.05) is 19.3 Å². The molecule has 1 heterocycles. The van der Waals surface area contributed by atoms with E-state index in [9.17, 15) is 24.5 Å². The number of carbonyl (C=O) groups is 3. The number of hydrogen-bond acceptors (Lipinski definition) is 5. The van der Waals surface area contributed by atoms with Gasteiger partial charge in [-0.05, 0) is 64.2 Å². The second-order valence-corrected chi connectivity index (χ2v) is 11.3. The van der Waals surface area contributed by atoms with E-state index in [0.717, 1.165) is 64.2 Å². The molecule has 0 aromatic rings. The Morgan fingerprint density at radius 1 is 0.912 bits per heavy atom. The molecule has 0 aromatic heterocycles. The van der Waals surface area contributed by atoms with Crippen molar-refractivity contribution in [2.75, 3.05) is 13.1 Å². The number of imide groups is 1. The van der Waals surface area contributed by atoms with Gasteiger partial charge in [-0.2, -0.15) is 0 Å². The van der Waals surface area contributed by atoms with Crippen molar-refractivity contribution >= 4 is 29.3 Å². The summed E-state index contributed by atoms with van der Waals surface area (Å²) < 4.78 is 0. The lowest BCUT2D eigenvalue weighted by molar-refractivity contribution is -0.532. The van der Waals surface area contributed by atoms with Gasteiger partial charge in [0.05, 0.1) is 11.8 Å². The number of hydrogen-bond donors (Lipinski definition) is 0. The molecule has 4 aliphatic rings. The van der Waals surface area contributed by atoms with E-state index in [1.807, 2.05) is 4.90 Å². The van der Waals surface area contributed by atoms with E-state index < -0.39 is 12.0 Å².